The van der Waals surface area contributed by atoms with Crippen LogP contribution in [0.25, 0.3) is 0 Å². The minimum absolute atomic E-state index is 0.209. The number of hydrazine groups is 1. The molecule has 0 saturated heterocycles. The lowest BCUT2D eigenvalue weighted by atomic mass is 10.2. The average Bonchev–Trinajstić information content (AvgIpc) is 2.94. The molecule has 27 heavy (non-hydrogen) atoms. The van der Waals surface area contributed by atoms with Crippen LogP contribution in [0.1, 0.15) is 58.9 Å². The quantitative estimate of drug-likeness (QED) is 0.625. The van der Waals surface area contributed by atoms with Crippen molar-refractivity contribution >= 4 is 17.8 Å². The summed E-state index contributed by atoms with van der Waals surface area (Å²) in [6, 6.07) is 10.4. The van der Waals surface area contributed by atoms with E-state index in [0.717, 1.165) is 11.4 Å². The van der Waals surface area contributed by atoms with E-state index in [1.54, 1.807) is 36.4 Å². The van der Waals surface area contributed by atoms with Crippen LogP contribution in [0, 0.1) is 13.8 Å². The highest BCUT2D eigenvalue weighted by Crippen LogP contribution is 2.21. The predicted molar refractivity (Wildman–Crippen MR) is 101 cm³/mol. The van der Waals surface area contributed by atoms with Crippen LogP contribution in [0.4, 0.5) is 0 Å². The maximum absolute atomic E-state index is 12.4. The van der Waals surface area contributed by atoms with Crippen LogP contribution in [0.5, 0.6) is 0 Å². The minimum Gasteiger partial charge on any atom is -0.449 e. The third-order valence-corrected chi connectivity index (χ3v) is 4.21. The second-order valence-corrected chi connectivity index (χ2v) is 6.61. The highest BCUT2D eigenvalue weighted by Gasteiger charge is 2.23. The smallest absolute Gasteiger partial charge is 0.340 e. The summed E-state index contributed by atoms with van der Waals surface area (Å²) >= 11 is 0. The third-order valence-electron chi connectivity index (χ3n) is 4.21. The van der Waals surface area contributed by atoms with Crippen molar-refractivity contribution in [2.75, 3.05) is 0 Å². The number of hydrogen-bond acceptors (Lipinski definition) is 4. The molecule has 0 bridgehead atoms. The maximum Gasteiger partial charge on any atom is 0.340 e. The third kappa shape index (κ3) is 4.75. The number of rotatable bonds is 5. The predicted octanol–water partition coefficient (Wildman–Crippen LogP) is 2.69. The number of benzene rings is 1. The Morgan fingerprint density at radius 3 is 2.19 bits per heavy atom. The van der Waals surface area contributed by atoms with Gasteiger partial charge in [-0.05, 0) is 52.8 Å². The number of amides is 2. The number of carbonyl (C=O) groups is 3. The number of carbonyl (C=O) groups excluding carboxylic acids is 3. The second kappa shape index (κ2) is 8.53. The Bertz CT molecular complexity index is 840. The zero-order chi connectivity index (χ0) is 20.1. The maximum atomic E-state index is 12.4. The van der Waals surface area contributed by atoms with Crippen molar-refractivity contribution in [3.8, 4) is 0 Å². The van der Waals surface area contributed by atoms with E-state index in [1.807, 2.05) is 32.3 Å². The van der Waals surface area contributed by atoms with E-state index >= 15 is 0 Å². The Kier molecular flexibility index (Phi) is 6.39. The number of nitrogens with zero attached hydrogens (tertiary/aromatic N) is 1. The lowest BCUT2D eigenvalue weighted by molar-refractivity contribution is -0.129. The van der Waals surface area contributed by atoms with Crippen molar-refractivity contribution in [1.82, 2.24) is 15.4 Å². The van der Waals surface area contributed by atoms with Crippen molar-refractivity contribution in [3.05, 3.63) is 58.9 Å². The van der Waals surface area contributed by atoms with E-state index in [9.17, 15) is 14.4 Å². The molecule has 7 nitrogen and oxygen atoms in total. The van der Waals surface area contributed by atoms with Gasteiger partial charge in [0.1, 0.15) is 0 Å². The van der Waals surface area contributed by atoms with E-state index < -0.39 is 23.9 Å². The highest BCUT2D eigenvalue weighted by molar-refractivity contribution is 5.96. The Balaban J connectivity index is 1.95. The van der Waals surface area contributed by atoms with Crippen molar-refractivity contribution in [1.29, 1.82) is 0 Å². The second-order valence-electron chi connectivity index (χ2n) is 6.61. The highest BCUT2D eigenvalue weighted by atomic mass is 16.5. The summed E-state index contributed by atoms with van der Waals surface area (Å²) in [7, 11) is 0. The van der Waals surface area contributed by atoms with Gasteiger partial charge >= 0.3 is 5.97 Å². The number of esters is 1. The fourth-order valence-electron chi connectivity index (χ4n) is 2.94. The summed E-state index contributed by atoms with van der Waals surface area (Å²) < 4.78 is 7.28. The van der Waals surface area contributed by atoms with Crippen molar-refractivity contribution in [3.63, 3.8) is 0 Å². The van der Waals surface area contributed by atoms with Crippen LogP contribution in [0.15, 0.2) is 36.4 Å². The zero-order valence-electron chi connectivity index (χ0n) is 16.2. The lowest BCUT2D eigenvalue weighted by Crippen LogP contribution is -2.46. The average molecular weight is 371 g/mol. The van der Waals surface area contributed by atoms with Crippen LogP contribution in [0.2, 0.25) is 0 Å². The van der Waals surface area contributed by atoms with Crippen molar-refractivity contribution < 1.29 is 19.1 Å². The molecule has 0 radical (unpaired) electrons. The molecule has 144 valence electrons. The monoisotopic (exact) mass is 371 g/mol. The molecular formula is C20H25N3O4. The minimum atomic E-state index is -1.06. The Hall–Kier alpha value is -3.09. The largest absolute Gasteiger partial charge is 0.449 e. The molecule has 0 aliphatic carbocycles. The first kappa shape index (κ1) is 20.2. The topological polar surface area (TPSA) is 89.4 Å². The van der Waals surface area contributed by atoms with E-state index in [4.69, 9.17) is 4.74 Å². The van der Waals surface area contributed by atoms with Crippen LogP contribution in [-0.4, -0.2) is 28.5 Å². The SMILES string of the molecule is Cc1cc(C(=O)O[C@H](C)C(=O)NNC(=O)c2ccccc2)c(C)n1C(C)C. The molecule has 0 fully saturated rings. The van der Waals surface area contributed by atoms with Crippen molar-refractivity contribution in [2.45, 2.75) is 46.8 Å². The number of ether oxygens (including phenoxy) is 1. The summed E-state index contributed by atoms with van der Waals surface area (Å²) in [5, 5.41) is 0. The van der Waals surface area contributed by atoms with Gasteiger partial charge in [-0.15, -0.1) is 0 Å². The standard InChI is InChI=1S/C20H25N3O4/c1-12(2)23-13(3)11-17(14(23)4)20(26)27-15(5)18(24)21-22-19(25)16-9-7-6-8-10-16/h6-12,15H,1-5H3,(H,21,24)(H,22,25)/t15-/m1/s1. The molecule has 2 N–H and O–H groups in total. The number of hydrogen-bond donors (Lipinski definition) is 2. The number of nitrogens with one attached hydrogen (secondary N) is 2. The van der Waals surface area contributed by atoms with Gasteiger partial charge in [0.05, 0.1) is 5.56 Å². The van der Waals surface area contributed by atoms with E-state index in [0.29, 0.717) is 11.1 Å². The Labute approximate surface area is 158 Å². The number of aromatic nitrogens is 1. The molecule has 2 aromatic rings. The molecule has 1 atom stereocenters. The summed E-state index contributed by atoms with van der Waals surface area (Å²) in [6.07, 6.45) is -1.06. The van der Waals surface area contributed by atoms with Gasteiger partial charge in [-0.25, -0.2) is 4.79 Å². The van der Waals surface area contributed by atoms with Gasteiger partial charge in [-0.1, -0.05) is 18.2 Å². The Morgan fingerprint density at radius 2 is 1.63 bits per heavy atom. The van der Waals surface area contributed by atoms with Gasteiger partial charge in [-0.3, -0.25) is 20.4 Å². The molecule has 1 heterocycles. The molecule has 7 heteroatoms. The van der Waals surface area contributed by atoms with Gasteiger partial charge in [0.25, 0.3) is 11.8 Å². The molecule has 0 unspecified atom stereocenters. The molecule has 1 aromatic heterocycles. The van der Waals surface area contributed by atoms with Gasteiger partial charge in [0.15, 0.2) is 6.10 Å². The molecule has 2 rings (SSSR count). The number of aryl methyl sites for hydroxylation is 1. The first-order chi connectivity index (χ1) is 12.7. The van der Waals surface area contributed by atoms with Crippen LogP contribution in [-0.2, 0) is 9.53 Å². The fraction of sp³-hybridized carbons (Fsp3) is 0.350. The normalized spacial score (nSPS) is 11.8. The Morgan fingerprint density at radius 1 is 1.00 bits per heavy atom. The first-order valence-corrected chi connectivity index (χ1v) is 8.77. The molecule has 0 aliphatic rings. The summed E-state index contributed by atoms with van der Waals surface area (Å²) in [6.45, 7) is 9.26. The van der Waals surface area contributed by atoms with E-state index in [-0.39, 0.29) is 6.04 Å². The molecule has 0 spiro atoms. The van der Waals surface area contributed by atoms with Gasteiger partial charge in [-0.2, -0.15) is 0 Å². The molecular weight excluding hydrogens is 346 g/mol. The summed E-state index contributed by atoms with van der Waals surface area (Å²) in [4.78, 5) is 36.5. The van der Waals surface area contributed by atoms with Crippen LogP contribution in [0.3, 0.4) is 0 Å². The molecule has 2 amide bonds. The van der Waals surface area contributed by atoms with Gasteiger partial charge in [0.2, 0.25) is 0 Å². The summed E-state index contributed by atoms with van der Waals surface area (Å²) in [5.74, 6) is -1.65. The fourth-order valence-corrected chi connectivity index (χ4v) is 2.94. The van der Waals surface area contributed by atoms with Crippen molar-refractivity contribution in [2.24, 2.45) is 0 Å². The van der Waals surface area contributed by atoms with E-state index in [1.165, 1.54) is 6.92 Å². The first-order valence-electron chi connectivity index (χ1n) is 8.77. The van der Waals surface area contributed by atoms with Crippen LogP contribution >= 0.6 is 0 Å². The molecule has 0 aliphatic heterocycles. The summed E-state index contributed by atoms with van der Waals surface area (Å²) in [5.41, 5.74) is 7.13. The van der Waals surface area contributed by atoms with E-state index in [2.05, 4.69) is 10.9 Å². The van der Waals surface area contributed by atoms with Gasteiger partial charge in [0, 0.05) is 23.0 Å². The molecule has 0 saturated carbocycles. The van der Waals surface area contributed by atoms with Gasteiger partial charge < -0.3 is 9.30 Å². The lowest BCUT2D eigenvalue weighted by Gasteiger charge is -2.15. The van der Waals surface area contributed by atoms with Crippen LogP contribution < -0.4 is 10.9 Å². The zero-order valence-corrected chi connectivity index (χ0v) is 16.2. The molecule has 1 aromatic carbocycles.